The molecule has 7 nitrogen and oxygen atoms in total. The molecule has 0 bridgehead atoms. The monoisotopic (exact) mass is 488 g/mol. The van der Waals surface area contributed by atoms with Gasteiger partial charge in [-0.05, 0) is 43.5 Å². The van der Waals surface area contributed by atoms with Crippen molar-refractivity contribution in [1.29, 1.82) is 0 Å². The molecule has 0 atom stereocenters. The molecule has 0 saturated carbocycles. The van der Waals surface area contributed by atoms with E-state index in [9.17, 15) is 24.1 Å². The highest BCUT2D eigenvalue weighted by molar-refractivity contribution is 9.11. The molecule has 2 aromatic rings. The topological polar surface area (TPSA) is 98.5 Å². The van der Waals surface area contributed by atoms with E-state index in [1.54, 1.807) is 6.07 Å². The number of halogens is 3. The van der Waals surface area contributed by atoms with Crippen molar-refractivity contribution in [2.24, 2.45) is 0 Å². The van der Waals surface area contributed by atoms with E-state index >= 15 is 0 Å². The van der Waals surface area contributed by atoms with Crippen LogP contribution in [0.15, 0.2) is 45.3 Å². The van der Waals surface area contributed by atoms with Gasteiger partial charge in [0, 0.05) is 21.1 Å². The minimum atomic E-state index is -0.757. The first-order valence-corrected chi connectivity index (χ1v) is 8.69. The highest BCUT2D eigenvalue weighted by Gasteiger charge is 2.17. The van der Waals surface area contributed by atoms with Crippen molar-refractivity contribution in [2.75, 3.05) is 11.9 Å². The molecule has 0 aliphatic rings. The maximum Gasteiger partial charge on any atom is 0.310 e. The van der Waals surface area contributed by atoms with Gasteiger partial charge in [-0.2, -0.15) is 0 Å². The Bertz CT molecular complexity index is 852. The molecule has 0 unspecified atom stereocenters. The summed E-state index contributed by atoms with van der Waals surface area (Å²) >= 11 is 6.26. The smallest absolute Gasteiger partial charge is 0.310 e. The molecular weight excluding hydrogens is 479 g/mol. The van der Waals surface area contributed by atoms with Crippen molar-refractivity contribution < 1.29 is 23.6 Å². The minimum Gasteiger partial charge on any atom is -0.455 e. The third kappa shape index (κ3) is 5.33. The Morgan fingerprint density at radius 1 is 1.19 bits per heavy atom. The molecule has 10 heteroatoms. The summed E-state index contributed by atoms with van der Waals surface area (Å²) < 4.78 is 18.9. The summed E-state index contributed by atoms with van der Waals surface area (Å²) in [6.45, 7) is -0.580. The zero-order valence-corrected chi connectivity index (χ0v) is 16.2. The number of benzene rings is 2. The molecule has 2 aromatic carbocycles. The minimum absolute atomic E-state index is 0.166. The summed E-state index contributed by atoms with van der Waals surface area (Å²) in [5.74, 6) is -1.94. The first kappa shape index (κ1) is 20.0. The van der Waals surface area contributed by atoms with E-state index in [1.807, 2.05) is 0 Å². The van der Waals surface area contributed by atoms with E-state index in [-0.39, 0.29) is 32.3 Å². The van der Waals surface area contributed by atoms with Gasteiger partial charge >= 0.3 is 5.97 Å². The average molecular weight is 490 g/mol. The fraction of sp³-hybridized carbons (Fsp3) is 0.125. The van der Waals surface area contributed by atoms with Crippen molar-refractivity contribution in [1.82, 2.24) is 0 Å². The van der Waals surface area contributed by atoms with Gasteiger partial charge in [-0.3, -0.25) is 19.7 Å². The van der Waals surface area contributed by atoms with Gasteiger partial charge < -0.3 is 10.1 Å². The van der Waals surface area contributed by atoms with E-state index < -0.39 is 29.2 Å². The normalized spacial score (nSPS) is 10.3. The third-order valence-corrected chi connectivity index (χ3v) is 4.41. The quantitative estimate of drug-likeness (QED) is 0.376. The lowest BCUT2D eigenvalue weighted by atomic mass is 10.1. The Hall–Kier alpha value is -2.33. The van der Waals surface area contributed by atoms with E-state index in [1.165, 1.54) is 30.3 Å². The highest BCUT2D eigenvalue weighted by atomic mass is 79.9. The largest absolute Gasteiger partial charge is 0.455 e. The van der Waals surface area contributed by atoms with Gasteiger partial charge in [0.05, 0.1) is 17.0 Å². The highest BCUT2D eigenvalue weighted by Crippen LogP contribution is 2.35. The lowest BCUT2D eigenvalue weighted by Gasteiger charge is -2.10. The number of ether oxygens (including phenoxy) is 1. The number of anilines is 1. The summed E-state index contributed by atoms with van der Waals surface area (Å²) in [4.78, 5) is 33.8. The second-order valence-electron chi connectivity index (χ2n) is 5.02. The number of nitrogens with one attached hydrogen (secondary N) is 1. The Kier molecular flexibility index (Phi) is 6.81. The number of amides is 1. The lowest BCUT2D eigenvalue weighted by Crippen LogP contribution is -2.22. The van der Waals surface area contributed by atoms with Crippen LogP contribution in [0, 0.1) is 15.9 Å². The number of carbonyl (C=O) groups excluding carboxylic acids is 2. The van der Waals surface area contributed by atoms with E-state index in [2.05, 4.69) is 37.2 Å². The molecule has 0 heterocycles. The second kappa shape index (κ2) is 8.86. The number of non-ortho nitro benzene ring substituents is 1. The molecule has 0 radical (unpaired) electrons. The lowest BCUT2D eigenvalue weighted by molar-refractivity contribution is -0.385. The molecule has 1 amide bonds. The summed E-state index contributed by atoms with van der Waals surface area (Å²) in [5, 5.41) is 13.3. The molecule has 0 fully saturated rings. The molecule has 1 N–H and O–H groups in total. The fourth-order valence-electron chi connectivity index (χ4n) is 1.95. The number of carbonyl (C=O) groups is 2. The number of nitrogens with zero attached hydrogens (tertiary/aromatic N) is 1. The first-order chi connectivity index (χ1) is 12.3. The van der Waals surface area contributed by atoms with Crippen LogP contribution >= 0.6 is 31.9 Å². The number of nitro benzene ring substituents is 1. The second-order valence-corrected chi connectivity index (χ2v) is 6.73. The summed E-state index contributed by atoms with van der Waals surface area (Å²) in [7, 11) is 0. The molecule has 136 valence electrons. The zero-order chi connectivity index (χ0) is 19.3. The van der Waals surface area contributed by atoms with Crippen LogP contribution in [0.4, 0.5) is 15.8 Å². The van der Waals surface area contributed by atoms with E-state index in [4.69, 9.17) is 4.74 Å². The van der Waals surface area contributed by atoms with Crippen LogP contribution in [0.2, 0.25) is 0 Å². The van der Waals surface area contributed by atoms with Crippen molar-refractivity contribution in [2.45, 2.75) is 6.42 Å². The van der Waals surface area contributed by atoms with Crippen LogP contribution in [-0.2, 0) is 20.7 Å². The van der Waals surface area contributed by atoms with Crippen LogP contribution < -0.4 is 5.32 Å². The van der Waals surface area contributed by atoms with Crippen LogP contribution in [-0.4, -0.2) is 23.4 Å². The van der Waals surface area contributed by atoms with E-state index in [0.29, 0.717) is 0 Å². The standard InChI is InChI=1S/C16H11Br2FN2O5/c17-11-6-10(21(24)25)7-12(18)16(11)20-14(22)8-26-15(23)5-9-3-1-2-4-13(9)19/h1-4,6-7H,5,8H2,(H,20,22). The Morgan fingerprint density at radius 3 is 2.38 bits per heavy atom. The fourth-order valence-corrected chi connectivity index (χ4v) is 3.31. The zero-order valence-electron chi connectivity index (χ0n) is 13.0. The predicted octanol–water partition coefficient (Wildman–Crippen LogP) is 3.98. The molecule has 0 spiro atoms. The Labute approximate surface area is 163 Å². The third-order valence-electron chi connectivity index (χ3n) is 3.16. The summed E-state index contributed by atoms with van der Waals surface area (Å²) in [6.07, 6.45) is -0.301. The van der Waals surface area contributed by atoms with Gasteiger partial charge in [-0.25, -0.2) is 4.39 Å². The average Bonchev–Trinajstić information content (AvgIpc) is 2.58. The van der Waals surface area contributed by atoms with Crippen molar-refractivity contribution in [3.8, 4) is 0 Å². The Balaban J connectivity index is 1.94. The molecule has 0 aromatic heterocycles. The van der Waals surface area contributed by atoms with Gasteiger partial charge in [-0.1, -0.05) is 18.2 Å². The van der Waals surface area contributed by atoms with Crippen LogP contribution in [0.3, 0.4) is 0 Å². The molecule has 2 rings (SSSR count). The van der Waals surface area contributed by atoms with Gasteiger partial charge in [0.15, 0.2) is 6.61 Å². The maximum absolute atomic E-state index is 13.5. The first-order valence-electron chi connectivity index (χ1n) is 7.10. The number of rotatable bonds is 6. The number of hydrogen-bond acceptors (Lipinski definition) is 5. The van der Waals surface area contributed by atoms with Gasteiger partial charge in [-0.15, -0.1) is 0 Å². The van der Waals surface area contributed by atoms with Crippen molar-refractivity contribution >= 4 is 55.1 Å². The van der Waals surface area contributed by atoms with Crippen LogP contribution in [0.5, 0.6) is 0 Å². The molecule has 0 aliphatic carbocycles. The van der Waals surface area contributed by atoms with Crippen LogP contribution in [0.1, 0.15) is 5.56 Å². The van der Waals surface area contributed by atoms with Crippen molar-refractivity contribution in [3.05, 3.63) is 66.8 Å². The van der Waals surface area contributed by atoms with Gasteiger partial charge in [0.2, 0.25) is 0 Å². The number of hydrogen-bond donors (Lipinski definition) is 1. The molecule has 0 aliphatic heterocycles. The van der Waals surface area contributed by atoms with Crippen LogP contribution in [0.25, 0.3) is 0 Å². The van der Waals surface area contributed by atoms with Gasteiger partial charge in [0.1, 0.15) is 5.82 Å². The predicted molar refractivity (Wildman–Crippen MR) is 98.2 cm³/mol. The Morgan fingerprint density at radius 2 is 1.81 bits per heavy atom. The van der Waals surface area contributed by atoms with Gasteiger partial charge in [0.25, 0.3) is 11.6 Å². The van der Waals surface area contributed by atoms with E-state index in [0.717, 1.165) is 0 Å². The summed E-state index contributed by atoms with van der Waals surface area (Å²) in [5.41, 5.74) is 0.252. The molecular formula is C16H11Br2FN2O5. The number of esters is 1. The molecule has 26 heavy (non-hydrogen) atoms. The number of nitro groups is 1. The SMILES string of the molecule is O=C(COC(=O)Cc1ccccc1F)Nc1c(Br)cc([N+](=O)[O-])cc1Br. The van der Waals surface area contributed by atoms with Crippen molar-refractivity contribution in [3.63, 3.8) is 0 Å². The summed E-state index contributed by atoms with van der Waals surface area (Å²) in [6, 6.07) is 8.20. The maximum atomic E-state index is 13.5. The molecule has 0 saturated heterocycles.